The summed E-state index contributed by atoms with van der Waals surface area (Å²) in [5, 5.41) is 9.70. The Labute approximate surface area is 186 Å². The molecule has 0 bridgehead atoms. The van der Waals surface area contributed by atoms with E-state index >= 15 is 0 Å². The second-order valence-corrected chi connectivity index (χ2v) is 9.72. The van der Waals surface area contributed by atoms with Crippen molar-refractivity contribution in [2.45, 2.75) is 9.79 Å². The van der Waals surface area contributed by atoms with Crippen LogP contribution in [0.25, 0.3) is 33.1 Å². The smallest absolute Gasteiger partial charge is 0.384 e. The van der Waals surface area contributed by atoms with Gasteiger partial charge in [-0.15, -0.1) is 0 Å². The van der Waals surface area contributed by atoms with E-state index in [2.05, 4.69) is 0 Å². The number of nitrogens with two attached hydrogens (primary N) is 2. The van der Waals surface area contributed by atoms with Crippen LogP contribution in [-0.4, -0.2) is 37.0 Å². The number of nitrogen functional groups attached to an aromatic ring is 2. The molecule has 0 radical (unpaired) electrons. The fraction of sp³-hybridized carbons (Fsp3) is 0. The summed E-state index contributed by atoms with van der Waals surface area (Å²) < 4.78 is 73.6. The van der Waals surface area contributed by atoms with Crippen molar-refractivity contribution in [1.29, 1.82) is 0 Å². The topological polar surface area (TPSA) is 209 Å². The van der Waals surface area contributed by atoms with Crippen LogP contribution in [0.15, 0.2) is 62.7 Å². The molecule has 0 aliphatic carbocycles. The average molecular weight is 491 g/mol. The van der Waals surface area contributed by atoms with E-state index in [-0.39, 0.29) is 27.5 Å². The van der Waals surface area contributed by atoms with Gasteiger partial charge in [-0.2, -0.15) is 16.8 Å². The van der Waals surface area contributed by atoms with E-state index in [1.54, 1.807) is 0 Å². The van der Waals surface area contributed by atoms with Crippen LogP contribution in [0.3, 0.4) is 0 Å². The van der Waals surface area contributed by atoms with Crippen LogP contribution in [0.4, 0.5) is 11.4 Å². The number of aromatic carboxylic acids is 1. The predicted octanol–water partition coefficient (Wildman–Crippen LogP) is 2.89. The number of hydrogen-bond acceptors (Lipinski definition) is 7. The van der Waals surface area contributed by atoms with Crippen LogP contribution < -0.4 is 11.5 Å². The highest BCUT2D eigenvalue weighted by molar-refractivity contribution is 7.86. The third-order valence-electron chi connectivity index (χ3n) is 4.97. The highest BCUT2D eigenvalue weighted by Gasteiger charge is 2.36. The van der Waals surface area contributed by atoms with E-state index in [1.807, 2.05) is 0 Å². The maximum atomic E-state index is 12.1. The molecule has 7 N–H and O–H groups in total. The van der Waals surface area contributed by atoms with Gasteiger partial charge in [0, 0.05) is 5.56 Å². The summed E-state index contributed by atoms with van der Waals surface area (Å²) >= 11 is 0. The van der Waals surface area contributed by atoms with E-state index < -0.39 is 58.5 Å². The molecule has 0 saturated heterocycles. The molecule has 0 aliphatic heterocycles. The first kappa shape index (κ1) is 22.4. The molecule has 3 aromatic carbocycles. The van der Waals surface area contributed by atoms with Crippen molar-refractivity contribution in [2.75, 3.05) is 11.5 Å². The lowest BCUT2D eigenvalue weighted by atomic mass is 9.93. The van der Waals surface area contributed by atoms with Crippen molar-refractivity contribution in [2.24, 2.45) is 0 Å². The van der Waals surface area contributed by atoms with Crippen LogP contribution in [-0.2, 0) is 20.2 Å². The molecule has 13 heteroatoms. The van der Waals surface area contributed by atoms with Gasteiger partial charge < -0.3 is 16.6 Å². The monoisotopic (exact) mass is 491 g/mol. The summed E-state index contributed by atoms with van der Waals surface area (Å²) in [6, 6.07) is 10.7. The number of anilines is 2. The SMILES string of the molecule is Nc1ccc2c(-c3ccccc3C(=O)O)c3ccc(N)c(S(=O)(=O)O)c3[o+]c2c1S(=O)(=O)O. The Kier molecular flexibility index (Phi) is 5.01. The van der Waals surface area contributed by atoms with Gasteiger partial charge in [0.15, 0.2) is 0 Å². The lowest BCUT2D eigenvalue weighted by molar-refractivity contribution is 0.0697. The van der Waals surface area contributed by atoms with E-state index in [0.717, 1.165) is 0 Å². The van der Waals surface area contributed by atoms with Crippen molar-refractivity contribution in [1.82, 2.24) is 0 Å². The zero-order valence-electron chi connectivity index (χ0n) is 16.4. The number of carbonyl (C=O) groups is 1. The van der Waals surface area contributed by atoms with Crippen LogP contribution >= 0.6 is 0 Å². The highest BCUT2D eigenvalue weighted by atomic mass is 32.2. The molecule has 0 aliphatic rings. The van der Waals surface area contributed by atoms with Gasteiger partial charge in [0.2, 0.25) is 9.79 Å². The number of fused-ring (bicyclic) bond motifs is 2. The Bertz CT molecular complexity index is 1620. The van der Waals surface area contributed by atoms with Crippen LogP contribution in [0.5, 0.6) is 0 Å². The third-order valence-corrected chi connectivity index (χ3v) is 6.84. The molecule has 0 atom stereocenters. The largest absolute Gasteiger partial charge is 0.478 e. The predicted molar refractivity (Wildman–Crippen MR) is 119 cm³/mol. The zero-order valence-corrected chi connectivity index (χ0v) is 18.0. The van der Waals surface area contributed by atoms with Crippen molar-refractivity contribution in [3.05, 3.63) is 54.1 Å². The standard InChI is InChI=1S/C20H14N2O9S2/c21-13-7-5-11-15(9-3-1-2-4-10(9)20(23)24)12-6-8-14(22)19(33(28,29)30)17(12)31-16(11)18(13)32(25,26)27/h1-8H,21-22H2,(H2-,23,24,25,26,27,28,29,30)/p+1. The average Bonchev–Trinajstić information content (AvgIpc) is 2.69. The number of carboxylic acid groups (broad SMARTS) is 1. The molecule has 0 saturated carbocycles. The van der Waals surface area contributed by atoms with E-state index in [1.165, 1.54) is 48.5 Å². The molecular formula is C20H15N2O9S2+. The van der Waals surface area contributed by atoms with E-state index in [0.29, 0.717) is 0 Å². The maximum Gasteiger partial charge on any atom is 0.384 e. The Morgan fingerprint density at radius 3 is 1.64 bits per heavy atom. The molecular weight excluding hydrogens is 476 g/mol. The van der Waals surface area contributed by atoms with E-state index in [4.69, 9.17) is 15.9 Å². The Balaban J connectivity index is 2.42. The van der Waals surface area contributed by atoms with Crippen molar-refractivity contribution in [3.63, 3.8) is 0 Å². The summed E-state index contributed by atoms with van der Waals surface area (Å²) in [5.74, 6) is -1.32. The van der Waals surface area contributed by atoms with Gasteiger partial charge in [-0.1, -0.05) is 18.2 Å². The molecule has 11 nitrogen and oxygen atoms in total. The molecule has 0 spiro atoms. The summed E-state index contributed by atoms with van der Waals surface area (Å²) in [6.45, 7) is 0. The Hall–Kier alpha value is -3.78. The lowest BCUT2D eigenvalue weighted by Gasteiger charge is -2.11. The molecule has 170 valence electrons. The van der Waals surface area contributed by atoms with Gasteiger partial charge in [-0.25, -0.2) is 9.21 Å². The molecule has 33 heavy (non-hydrogen) atoms. The third kappa shape index (κ3) is 3.62. The minimum absolute atomic E-state index is 0.00378. The highest BCUT2D eigenvalue weighted by Crippen LogP contribution is 2.44. The molecule has 0 unspecified atom stereocenters. The van der Waals surface area contributed by atoms with Gasteiger partial charge in [0.25, 0.3) is 0 Å². The fourth-order valence-corrected chi connectivity index (χ4v) is 5.21. The quantitative estimate of drug-likeness (QED) is 0.121. The first-order chi connectivity index (χ1) is 15.3. The van der Waals surface area contributed by atoms with Crippen LogP contribution in [0, 0.1) is 0 Å². The summed E-state index contributed by atoms with van der Waals surface area (Å²) in [4.78, 5) is 10.2. The molecule has 1 heterocycles. The summed E-state index contributed by atoms with van der Waals surface area (Å²) in [5.41, 5.74) is 9.50. The minimum Gasteiger partial charge on any atom is -0.478 e. The van der Waals surface area contributed by atoms with Crippen molar-refractivity contribution >= 4 is 59.5 Å². The summed E-state index contributed by atoms with van der Waals surface area (Å²) in [6.07, 6.45) is 0. The number of benzene rings is 3. The van der Waals surface area contributed by atoms with Crippen LogP contribution in [0.2, 0.25) is 0 Å². The molecule has 1 aromatic heterocycles. The Morgan fingerprint density at radius 1 is 0.758 bits per heavy atom. The molecule has 0 fully saturated rings. The first-order valence-corrected chi connectivity index (χ1v) is 11.9. The number of carboxylic acids is 1. The van der Waals surface area contributed by atoms with Crippen molar-refractivity contribution < 1.29 is 40.3 Å². The molecule has 0 amide bonds. The lowest BCUT2D eigenvalue weighted by Crippen LogP contribution is -2.07. The molecule has 4 aromatic rings. The molecule has 4 rings (SSSR count). The minimum atomic E-state index is -4.99. The van der Waals surface area contributed by atoms with Gasteiger partial charge in [-0.3, -0.25) is 9.11 Å². The van der Waals surface area contributed by atoms with Crippen LogP contribution in [0.1, 0.15) is 10.4 Å². The van der Waals surface area contributed by atoms with E-state index in [9.17, 15) is 35.8 Å². The normalized spacial score (nSPS) is 12.3. The van der Waals surface area contributed by atoms with Gasteiger partial charge in [0.1, 0.15) is 0 Å². The first-order valence-electron chi connectivity index (χ1n) is 9.00. The number of hydrogen-bond donors (Lipinski definition) is 5. The Morgan fingerprint density at radius 2 is 1.21 bits per heavy atom. The number of rotatable bonds is 4. The second-order valence-electron chi connectivity index (χ2n) is 7.00. The summed E-state index contributed by atoms with van der Waals surface area (Å²) in [7, 11) is -9.98. The van der Waals surface area contributed by atoms with Gasteiger partial charge >= 0.3 is 37.4 Å². The second kappa shape index (κ2) is 7.38. The van der Waals surface area contributed by atoms with Gasteiger partial charge in [0.05, 0.1) is 27.7 Å². The maximum absolute atomic E-state index is 12.1. The van der Waals surface area contributed by atoms with Crippen molar-refractivity contribution in [3.8, 4) is 11.1 Å². The van der Waals surface area contributed by atoms with Gasteiger partial charge in [-0.05, 0) is 35.9 Å². The fourth-order valence-electron chi connectivity index (χ4n) is 3.71. The zero-order chi connectivity index (χ0) is 24.3.